The van der Waals surface area contributed by atoms with Gasteiger partial charge in [0, 0.05) is 18.4 Å². The molecule has 0 spiro atoms. The number of nitrogens with one attached hydrogen (secondary N) is 1. The molecule has 3 N–H and O–H groups in total. The molecule has 4 rings (SSSR count). The molecular weight excluding hydrogens is 358 g/mol. The Morgan fingerprint density at radius 2 is 1.82 bits per heavy atom. The molecule has 0 aliphatic carbocycles. The molecule has 2 aliphatic rings. The van der Waals surface area contributed by atoms with E-state index in [1.54, 1.807) is 26.0 Å². The number of rotatable bonds is 4. The molecule has 0 saturated carbocycles. The van der Waals surface area contributed by atoms with Gasteiger partial charge in [-0.2, -0.15) is 0 Å². The molecule has 6 heteroatoms. The third-order valence-electron chi connectivity index (χ3n) is 5.15. The minimum absolute atomic E-state index is 0.0932. The van der Waals surface area contributed by atoms with Crippen LogP contribution in [0.1, 0.15) is 30.5 Å². The van der Waals surface area contributed by atoms with Crippen LogP contribution in [-0.4, -0.2) is 33.7 Å². The Morgan fingerprint density at radius 1 is 1.11 bits per heavy atom. The van der Waals surface area contributed by atoms with Gasteiger partial charge in [0.25, 0.3) is 11.8 Å². The van der Waals surface area contributed by atoms with Crippen LogP contribution in [-0.2, 0) is 22.4 Å². The van der Waals surface area contributed by atoms with Crippen molar-refractivity contribution in [1.29, 1.82) is 0 Å². The predicted octanol–water partition coefficient (Wildman–Crippen LogP) is 2.12. The zero-order chi connectivity index (χ0) is 20.1. The van der Waals surface area contributed by atoms with Gasteiger partial charge in [0.1, 0.15) is 17.6 Å². The molecule has 0 aromatic heterocycles. The smallest absolute Gasteiger partial charge is 0.259 e. The van der Waals surface area contributed by atoms with Crippen molar-refractivity contribution in [3.8, 4) is 11.5 Å². The van der Waals surface area contributed by atoms with Gasteiger partial charge >= 0.3 is 0 Å². The van der Waals surface area contributed by atoms with Crippen LogP contribution in [0.15, 0.2) is 48.0 Å². The topological polar surface area (TPSA) is 95.9 Å². The molecule has 0 fully saturated rings. The molecule has 0 radical (unpaired) electrons. The molecular formula is C22H21NO5. The summed E-state index contributed by atoms with van der Waals surface area (Å²) in [6, 6.07) is 11.9. The van der Waals surface area contributed by atoms with Crippen molar-refractivity contribution < 1.29 is 24.5 Å². The first-order valence-electron chi connectivity index (χ1n) is 9.11. The lowest BCUT2D eigenvalue weighted by molar-refractivity contribution is -0.123. The Bertz CT molecular complexity index is 999. The highest BCUT2D eigenvalue weighted by molar-refractivity contribution is 6.36. The van der Waals surface area contributed by atoms with E-state index in [9.17, 15) is 19.8 Å². The summed E-state index contributed by atoms with van der Waals surface area (Å²) >= 11 is 0. The van der Waals surface area contributed by atoms with Crippen molar-refractivity contribution in [2.24, 2.45) is 0 Å². The second-order valence-electron chi connectivity index (χ2n) is 7.77. The number of imide groups is 1. The van der Waals surface area contributed by atoms with Crippen molar-refractivity contribution in [1.82, 2.24) is 5.32 Å². The Morgan fingerprint density at radius 3 is 2.50 bits per heavy atom. The molecule has 6 nitrogen and oxygen atoms in total. The van der Waals surface area contributed by atoms with Crippen LogP contribution in [0.5, 0.6) is 11.5 Å². The van der Waals surface area contributed by atoms with Crippen molar-refractivity contribution in [2.75, 3.05) is 0 Å². The van der Waals surface area contributed by atoms with E-state index in [-0.39, 0.29) is 11.9 Å². The standard InChI is InChI=1S/C22H21NO5/c1-22(2,27)18-11-14-9-12(3-8-17(14)28-18)10-16-19(21(26)23-20(16)25)13-4-6-15(24)7-5-13/h3-9,18,24,27H,10-11H2,1-2H3,(H,23,25,26)/t18-/m1/s1. The predicted molar refractivity (Wildman–Crippen MR) is 103 cm³/mol. The fraction of sp³-hybridized carbons (Fsp3) is 0.273. The number of carbonyl (C=O) groups excluding carboxylic acids is 2. The number of amides is 2. The van der Waals surface area contributed by atoms with Crippen LogP contribution in [0.3, 0.4) is 0 Å². The monoisotopic (exact) mass is 379 g/mol. The van der Waals surface area contributed by atoms with E-state index in [0.29, 0.717) is 29.6 Å². The fourth-order valence-corrected chi connectivity index (χ4v) is 3.60. The first kappa shape index (κ1) is 18.3. The third kappa shape index (κ3) is 3.27. The molecule has 2 aliphatic heterocycles. The van der Waals surface area contributed by atoms with Crippen LogP contribution in [0, 0.1) is 0 Å². The number of benzene rings is 2. The van der Waals surface area contributed by atoms with Gasteiger partial charge in [-0.25, -0.2) is 0 Å². The molecule has 2 aromatic carbocycles. The Kier molecular flexibility index (Phi) is 4.23. The molecule has 2 heterocycles. The molecule has 0 bridgehead atoms. The first-order valence-corrected chi connectivity index (χ1v) is 9.11. The van der Waals surface area contributed by atoms with E-state index < -0.39 is 17.4 Å². The lowest BCUT2D eigenvalue weighted by Crippen LogP contribution is -2.39. The van der Waals surface area contributed by atoms with Gasteiger partial charge in [-0.3, -0.25) is 14.9 Å². The largest absolute Gasteiger partial charge is 0.508 e. The summed E-state index contributed by atoms with van der Waals surface area (Å²) in [4.78, 5) is 24.7. The van der Waals surface area contributed by atoms with E-state index in [2.05, 4.69) is 5.32 Å². The highest BCUT2D eigenvalue weighted by Crippen LogP contribution is 2.35. The summed E-state index contributed by atoms with van der Waals surface area (Å²) in [6.07, 6.45) is 0.566. The minimum atomic E-state index is -0.953. The van der Waals surface area contributed by atoms with Crippen LogP contribution < -0.4 is 10.1 Å². The zero-order valence-electron chi connectivity index (χ0n) is 15.7. The summed E-state index contributed by atoms with van der Waals surface area (Å²) < 4.78 is 5.82. The molecule has 2 aromatic rings. The van der Waals surface area contributed by atoms with Gasteiger partial charge in [0.05, 0.1) is 11.2 Å². The normalized spacial score (nSPS) is 18.9. The van der Waals surface area contributed by atoms with E-state index in [1.165, 1.54) is 12.1 Å². The van der Waals surface area contributed by atoms with Gasteiger partial charge in [-0.1, -0.05) is 24.3 Å². The summed E-state index contributed by atoms with van der Waals surface area (Å²) in [5.41, 5.74) is 2.22. The maximum atomic E-state index is 12.4. The fourth-order valence-electron chi connectivity index (χ4n) is 3.60. The summed E-state index contributed by atoms with van der Waals surface area (Å²) in [6.45, 7) is 3.43. The maximum absolute atomic E-state index is 12.4. The molecule has 0 saturated heterocycles. The first-order chi connectivity index (χ1) is 13.2. The Balaban J connectivity index is 1.66. The van der Waals surface area contributed by atoms with Crippen LogP contribution >= 0.6 is 0 Å². The number of fused-ring (bicyclic) bond motifs is 1. The van der Waals surface area contributed by atoms with Crippen LogP contribution in [0.25, 0.3) is 5.57 Å². The van der Waals surface area contributed by atoms with Crippen molar-refractivity contribution in [2.45, 2.75) is 38.4 Å². The number of ether oxygens (including phenoxy) is 1. The number of hydrogen-bond donors (Lipinski definition) is 3. The van der Waals surface area contributed by atoms with E-state index in [0.717, 1.165) is 16.9 Å². The van der Waals surface area contributed by atoms with Crippen LogP contribution in [0.4, 0.5) is 0 Å². The molecule has 28 heavy (non-hydrogen) atoms. The number of phenols is 1. The van der Waals surface area contributed by atoms with E-state index >= 15 is 0 Å². The van der Waals surface area contributed by atoms with Crippen molar-refractivity contribution >= 4 is 17.4 Å². The van der Waals surface area contributed by atoms with Crippen molar-refractivity contribution in [3.05, 3.63) is 64.7 Å². The Hall–Kier alpha value is -3.12. The summed E-state index contributed by atoms with van der Waals surface area (Å²) in [5.74, 6) is -0.0114. The number of hydrogen-bond acceptors (Lipinski definition) is 5. The maximum Gasteiger partial charge on any atom is 0.259 e. The number of phenolic OH excluding ortho intramolecular Hbond substituents is 1. The molecule has 1 atom stereocenters. The quantitative estimate of drug-likeness (QED) is 0.707. The molecule has 2 amide bonds. The highest BCUT2D eigenvalue weighted by Gasteiger charge is 2.35. The lowest BCUT2D eigenvalue weighted by atomic mass is 9.94. The van der Waals surface area contributed by atoms with Gasteiger partial charge in [-0.15, -0.1) is 0 Å². The van der Waals surface area contributed by atoms with Crippen LogP contribution in [0.2, 0.25) is 0 Å². The number of carbonyl (C=O) groups is 2. The average molecular weight is 379 g/mol. The van der Waals surface area contributed by atoms with Gasteiger partial charge in [0.2, 0.25) is 0 Å². The second-order valence-corrected chi connectivity index (χ2v) is 7.77. The van der Waals surface area contributed by atoms with Gasteiger partial charge in [-0.05, 0) is 48.7 Å². The zero-order valence-corrected chi connectivity index (χ0v) is 15.7. The highest BCUT2D eigenvalue weighted by atomic mass is 16.5. The van der Waals surface area contributed by atoms with E-state index in [4.69, 9.17) is 4.74 Å². The number of aliphatic hydroxyl groups is 1. The summed E-state index contributed by atoms with van der Waals surface area (Å²) in [7, 11) is 0. The van der Waals surface area contributed by atoms with Crippen molar-refractivity contribution in [3.63, 3.8) is 0 Å². The van der Waals surface area contributed by atoms with Gasteiger partial charge in [0.15, 0.2) is 0 Å². The van der Waals surface area contributed by atoms with E-state index in [1.807, 2.05) is 18.2 Å². The molecule has 144 valence electrons. The molecule has 0 unspecified atom stereocenters. The third-order valence-corrected chi connectivity index (χ3v) is 5.15. The minimum Gasteiger partial charge on any atom is -0.508 e. The lowest BCUT2D eigenvalue weighted by Gasteiger charge is -2.24. The Labute approximate surface area is 162 Å². The number of aromatic hydroxyl groups is 1. The average Bonchev–Trinajstić information content (AvgIpc) is 3.17. The summed E-state index contributed by atoms with van der Waals surface area (Å²) in [5, 5.41) is 22.0. The van der Waals surface area contributed by atoms with Gasteiger partial charge < -0.3 is 14.9 Å². The second kappa shape index (κ2) is 6.49. The SMILES string of the molecule is CC(C)(O)[C@H]1Cc2cc(CC3=C(c4ccc(O)cc4)C(=O)NC3=O)ccc2O1.